The van der Waals surface area contributed by atoms with Gasteiger partial charge in [-0.15, -0.1) is 0 Å². The Kier molecular flexibility index (Phi) is 9.64. The summed E-state index contributed by atoms with van der Waals surface area (Å²) in [6.45, 7) is 23.7. The van der Waals surface area contributed by atoms with Gasteiger partial charge in [0.25, 0.3) is 0 Å². The molecule has 0 unspecified atom stereocenters. The quantitative estimate of drug-likeness (QED) is 0.143. The number of hydrogen-bond acceptors (Lipinski definition) is 4. The van der Waals surface area contributed by atoms with Crippen molar-refractivity contribution in [1.29, 1.82) is 0 Å². The molecule has 0 amide bonds. The zero-order chi connectivity index (χ0) is 43.8. The first-order valence-electron chi connectivity index (χ1n) is 21.9. The van der Waals surface area contributed by atoms with Gasteiger partial charge in [-0.25, -0.2) is 0 Å². The van der Waals surface area contributed by atoms with Crippen molar-refractivity contribution in [2.45, 2.75) is 62.3 Å². The van der Waals surface area contributed by atoms with Gasteiger partial charge in [0.1, 0.15) is 11.2 Å². The molecule has 8 aromatic carbocycles. The van der Waals surface area contributed by atoms with Gasteiger partial charge in [0.2, 0.25) is 0 Å². The first-order valence-corrected chi connectivity index (χ1v) is 21.9. The molecule has 310 valence electrons. The van der Waals surface area contributed by atoms with E-state index in [0.717, 1.165) is 93.8 Å². The number of nitrogens with zero attached hydrogens (tertiary/aromatic N) is 2. The third-order valence-corrected chi connectivity index (χ3v) is 12.8. The second-order valence-electron chi connectivity index (χ2n) is 17.7. The van der Waals surface area contributed by atoms with Crippen LogP contribution in [0.1, 0.15) is 54.2 Å². The Balaban J connectivity index is 1.11. The Labute approximate surface area is 369 Å². The predicted octanol–water partition coefficient (Wildman–Crippen LogP) is 17.7. The fourth-order valence-corrected chi connectivity index (χ4v) is 9.18. The van der Waals surface area contributed by atoms with Gasteiger partial charge >= 0.3 is 0 Å². The van der Waals surface area contributed by atoms with E-state index in [1.807, 2.05) is 0 Å². The minimum atomic E-state index is 0.765. The van der Waals surface area contributed by atoms with Crippen LogP contribution >= 0.6 is 0 Å². The highest BCUT2D eigenvalue weighted by Gasteiger charge is 2.22. The standard InChI is InChI=1S/C59H52N2O2/c1-11-35(4)24-52(34(2)3)60(53-25-36(5)12-15-39(53)8)46-20-18-42-30-50-48-22-23-49-51-31-43-19-21-47(29-45(43)33-57(51)63-59(49)58(48)62-56(50)32-44(42)28-46)61(54-26-37(6)13-16-40(54)9)55-27-38(7)14-17-41(55)10/h11-33H,2H2,1,3-10H3/b35-11-,52-24+. The number of aryl methyl sites for hydroxylation is 6. The molecule has 2 aromatic heterocycles. The number of allylic oxidation sites excluding steroid dienone is 4. The van der Waals surface area contributed by atoms with E-state index >= 15 is 0 Å². The number of furan rings is 2. The van der Waals surface area contributed by atoms with E-state index in [-0.39, 0.29) is 0 Å². The molecule has 0 saturated carbocycles. The Morgan fingerprint density at radius 1 is 0.476 bits per heavy atom. The number of benzene rings is 8. The molecule has 4 heteroatoms. The number of fused-ring (bicyclic) bond motifs is 9. The van der Waals surface area contributed by atoms with Gasteiger partial charge in [-0.05, 0) is 208 Å². The summed E-state index contributed by atoms with van der Waals surface area (Å²) in [5.74, 6) is 0. The maximum Gasteiger partial charge on any atom is 0.178 e. The van der Waals surface area contributed by atoms with Gasteiger partial charge in [-0.3, -0.25) is 0 Å². The highest BCUT2D eigenvalue weighted by molar-refractivity contribution is 6.21. The van der Waals surface area contributed by atoms with Crippen molar-refractivity contribution in [2.75, 3.05) is 9.80 Å². The second-order valence-corrected chi connectivity index (χ2v) is 17.7. The summed E-state index contributed by atoms with van der Waals surface area (Å²) in [6, 6.07) is 46.7. The monoisotopic (exact) mass is 820 g/mol. The highest BCUT2D eigenvalue weighted by Crippen LogP contribution is 2.45. The second kappa shape index (κ2) is 15.3. The molecule has 0 fully saturated rings. The SMILES string of the molecule is C=C(C)/C(=C\C(C)=C/C)N(c1ccc2cc3c(cc2c1)oc1c3ccc2c3cc4ccc(N(c5cc(C)ccc5C)c5cc(C)ccc5C)cc4cc3oc21)c1cc(C)ccc1C. The summed E-state index contributed by atoms with van der Waals surface area (Å²) >= 11 is 0. The van der Waals surface area contributed by atoms with E-state index in [0.29, 0.717) is 0 Å². The molecular formula is C59H52N2O2. The zero-order valence-corrected chi connectivity index (χ0v) is 37.7. The van der Waals surface area contributed by atoms with Crippen molar-refractivity contribution in [1.82, 2.24) is 0 Å². The Morgan fingerprint density at radius 2 is 0.937 bits per heavy atom. The van der Waals surface area contributed by atoms with Crippen LogP contribution in [0.5, 0.6) is 0 Å². The lowest BCUT2D eigenvalue weighted by Crippen LogP contribution is -2.18. The molecule has 10 aromatic rings. The van der Waals surface area contributed by atoms with Crippen molar-refractivity contribution in [3.8, 4) is 0 Å². The van der Waals surface area contributed by atoms with Crippen LogP contribution in [-0.4, -0.2) is 0 Å². The average Bonchev–Trinajstić information content (AvgIpc) is 3.82. The van der Waals surface area contributed by atoms with Gasteiger partial charge in [0, 0.05) is 55.7 Å². The predicted molar refractivity (Wildman–Crippen MR) is 270 cm³/mol. The van der Waals surface area contributed by atoms with Crippen LogP contribution in [0.4, 0.5) is 28.4 Å². The largest absolute Gasteiger partial charge is 0.452 e. The molecule has 0 aliphatic heterocycles. The van der Waals surface area contributed by atoms with Crippen LogP contribution in [0, 0.1) is 41.5 Å². The first kappa shape index (κ1) is 39.8. The topological polar surface area (TPSA) is 32.8 Å². The Bertz CT molecular complexity index is 3540. The third-order valence-electron chi connectivity index (χ3n) is 12.8. The summed E-state index contributed by atoms with van der Waals surface area (Å²) in [7, 11) is 0. The van der Waals surface area contributed by atoms with E-state index in [1.165, 1.54) is 50.3 Å². The van der Waals surface area contributed by atoms with Gasteiger partial charge < -0.3 is 18.6 Å². The van der Waals surface area contributed by atoms with Crippen molar-refractivity contribution in [2.24, 2.45) is 0 Å². The van der Waals surface area contributed by atoms with E-state index in [4.69, 9.17) is 8.83 Å². The summed E-state index contributed by atoms with van der Waals surface area (Å²) in [5, 5.41) is 8.73. The zero-order valence-electron chi connectivity index (χ0n) is 37.7. The molecule has 4 nitrogen and oxygen atoms in total. The lowest BCUT2D eigenvalue weighted by atomic mass is 10.0. The van der Waals surface area contributed by atoms with Gasteiger partial charge in [0.05, 0.1) is 0 Å². The molecule has 0 N–H and O–H groups in total. The third kappa shape index (κ3) is 6.87. The van der Waals surface area contributed by atoms with Gasteiger partial charge in [-0.2, -0.15) is 0 Å². The van der Waals surface area contributed by atoms with Crippen molar-refractivity contribution < 1.29 is 8.83 Å². The fourth-order valence-electron chi connectivity index (χ4n) is 9.18. The van der Waals surface area contributed by atoms with E-state index in [9.17, 15) is 0 Å². The van der Waals surface area contributed by atoms with Crippen LogP contribution in [0.3, 0.4) is 0 Å². The molecule has 0 bridgehead atoms. The summed E-state index contributed by atoms with van der Waals surface area (Å²) in [4.78, 5) is 4.75. The first-order chi connectivity index (χ1) is 30.3. The maximum absolute atomic E-state index is 6.82. The van der Waals surface area contributed by atoms with E-state index in [2.05, 4.69) is 218 Å². The molecule has 0 radical (unpaired) electrons. The number of rotatable bonds is 8. The lowest BCUT2D eigenvalue weighted by molar-refractivity contribution is 0.634. The fraction of sp³-hybridized carbons (Fsp3) is 0.153. The normalized spacial score (nSPS) is 12.5. The summed E-state index contributed by atoms with van der Waals surface area (Å²) in [6.07, 6.45) is 4.36. The minimum Gasteiger partial charge on any atom is -0.452 e. The van der Waals surface area contributed by atoms with E-state index in [1.54, 1.807) is 0 Å². The Morgan fingerprint density at radius 3 is 1.43 bits per heavy atom. The van der Waals surface area contributed by atoms with E-state index < -0.39 is 0 Å². The molecular weight excluding hydrogens is 769 g/mol. The maximum atomic E-state index is 6.82. The molecule has 63 heavy (non-hydrogen) atoms. The summed E-state index contributed by atoms with van der Waals surface area (Å²) < 4.78 is 13.6. The van der Waals surface area contributed by atoms with Crippen LogP contribution in [0.15, 0.2) is 172 Å². The number of hydrogen-bond donors (Lipinski definition) is 0. The Hall–Kier alpha value is -7.30. The molecule has 10 rings (SSSR count). The number of anilines is 5. The highest BCUT2D eigenvalue weighted by atomic mass is 16.4. The van der Waals surface area contributed by atoms with Gasteiger partial charge in [0.15, 0.2) is 11.2 Å². The van der Waals surface area contributed by atoms with Crippen LogP contribution in [-0.2, 0) is 0 Å². The lowest BCUT2D eigenvalue weighted by Gasteiger charge is -2.30. The van der Waals surface area contributed by atoms with Crippen LogP contribution in [0.25, 0.3) is 65.4 Å². The summed E-state index contributed by atoms with van der Waals surface area (Å²) in [5.41, 5.74) is 19.4. The van der Waals surface area contributed by atoms with Crippen molar-refractivity contribution in [3.05, 3.63) is 196 Å². The smallest absolute Gasteiger partial charge is 0.178 e. The average molecular weight is 821 g/mol. The van der Waals surface area contributed by atoms with Gasteiger partial charge in [-0.1, -0.05) is 66.8 Å². The minimum absolute atomic E-state index is 0.765. The van der Waals surface area contributed by atoms with Crippen molar-refractivity contribution in [3.63, 3.8) is 0 Å². The molecule has 0 aliphatic rings. The molecule has 2 heterocycles. The molecule has 0 atom stereocenters. The molecule has 0 aliphatic carbocycles. The van der Waals surface area contributed by atoms with Crippen LogP contribution < -0.4 is 9.80 Å². The molecule has 0 spiro atoms. The molecule has 0 saturated heterocycles. The van der Waals surface area contributed by atoms with Crippen molar-refractivity contribution >= 4 is 93.9 Å². The van der Waals surface area contributed by atoms with Crippen LogP contribution in [0.2, 0.25) is 0 Å².